The zero-order valence-electron chi connectivity index (χ0n) is 17.1. The molecule has 0 unspecified atom stereocenters. The van der Waals surface area contributed by atoms with Gasteiger partial charge < -0.3 is 19.5 Å². The maximum absolute atomic E-state index is 13.2. The van der Waals surface area contributed by atoms with Crippen LogP contribution >= 0.6 is 0 Å². The highest BCUT2D eigenvalue weighted by Crippen LogP contribution is 2.37. The van der Waals surface area contributed by atoms with Gasteiger partial charge in [0.05, 0.1) is 25.9 Å². The number of hydrogen-bond donors (Lipinski definition) is 1. The van der Waals surface area contributed by atoms with Crippen molar-refractivity contribution in [1.29, 1.82) is 0 Å². The molecule has 1 N–H and O–H groups in total. The van der Waals surface area contributed by atoms with Gasteiger partial charge >= 0.3 is 5.97 Å². The number of methoxy groups -OCH3 is 1. The molecular formula is C23H25NO5. The second kappa shape index (κ2) is 8.39. The number of carbonyl (C=O) groups is 2. The fourth-order valence-electron chi connectivity index (χ4n) is 3.07. The van der Waals surface area contributed by atoms with Crippen molar-refractivity contribution in [2.24, 2.45) is 5.41 Å². The first kappa shape index (κ1) is 20.5. The van der Waals surface area contributed by atoms with E-state index in [-0.39, 0.29) is 17.9 Å². The van der Waals surface area contributed by atoms with Crippen LogP contribution in [-0.2, 0) is 9.53 Å². The summed E-state index contributed by atoms with van der Waals surface area (Å²) in [5, 5.41) is 2.88. The van der Waals surface area contributed by atoms with Gasteiger partial charge in [0.25, 0.3) is 5.91 Å². The minimum atomic E-state index is -0.429. The molecule has 6 nitrogen and oxygen atoms in total. The molecule has 0 bridgehead atoms. The Bertz CT molecular complexity index is 961. The first-order valence-electron chi connectivity index (χ1n) is 9.45. The SMILES string of the molecule is CCOC(=O)c1cccc(NC(=O)C2=CC(C)(C)COc3ccc(OC)cc32)c1. The Kier molecular flexibility index (Phi) is 5.92. The number of nitrogens with one attached hydrogen (secondary N) is 1. The second-order valence-corrected chi connectivity index (χ2v) is 7.45. The fraction of sp³-hybridized carbons (Fsp3) is 0.304. The number of hydrogen-bond acceptors (Lipinski definition) is 5. The van der Waals surface area contributed by atoms with Crippen LogP contribution in [0.25, 0.3) is 5.57 Å². The first-order chi connectivity index (χ1) is 13.8. The summed E-state index contributed by atoms with van der Waals surface area (Å²) >= 11 is 0. The molecule has 1 amide bonds. The normalized spacial score (nSPS) is 14.6. The molecule has 2 aromatic carbocycles. The third kappa shape index (κ3) is 4.77. The van der Waals surface area contributed by atoms with Crippen LogP contribution in [0.4, 0.5) is 5.69 Å². The predicted molar refractivity (Wildman–Crippen MR) is 111 cm³/mol. The van der Waals surface area contributed by atoms with Crippen molar-refractivity contribution in [2.45, 2.75) is 20.8 Å². The van der Waals surface area contributed by atoms with Gasteiger partial charge in [-0.2, -0.15) is 0 Å². The van der Waals surface area contributed by atoms with Crippen LogP contribution in [0.1, 0.15) is 36.7 Å². The standard InChI is InChI=1S/C23H25NO5/c1-5-28-22(26)15-7-6-8-16(11-15)24-21(25)19-13-23(2,3)14-29-20-10-9-17(27-4)12-18(19)20/h6-13H,5,14H2,1-4H3,(H,24,25). The molecule has 1 heterocycles. The molecule has 3 rings (SSSR count). The van der Waals surface area contributed by atoms with Gasteiger partial charge in [-0.1, -0.05) is 26.0 Å². The summed E-state index contributed by atoms with van der Waals surface area (Å²) in [6.45, 7) is 6.49. The van der Waals surface area contributed by atoms with E-state index < -0.39 is 5.97 Å². The Hall–Kier alpha value is -3.28. The minimum absolute atomic E-state index is 0.288. The van der Waals surface area contributed by atoms with Gasteiger partial charge in [0.2, 0.25) is 0 Å². The molecule has 0 saturated carbocycles. The average molecular weight is 395 g/mol. The van der Waals surface area contributed by atoms with E-state index in [1.807, 2.05) is 19.9 Å². The van der Waals surface area contributed by atoms with Crippen molar-refractivity contribution in [3.63, 3.8) is 0 Å². The molecule has 1 aliphatic rings. The van der Waals surface area contributed by atoms with Crippen LogP contribution in [0.5, 0.6) is 11.5 Å². The summed E-state index contributed by atoms with van der Waals surface area (Å²) in [6.07, 6.45) is 1.91. The lowest BCUT2D eigenvalue weighted by Crippen LogP contribution is -2.19. The molecule has 0 aliphatic carbocycles. The Morgan fingerprint density at radius 1 is 1.17 bits per heavy atom. The Balaban J connectivity index is 1.94. The maximum Gasteiger partial charge on any atom is 0.338 e. The van der Waals surface area contributed by atoms with Crippen LogP contribution in [0.2, 0.25) is 0 Å². The number of rotatable bonds is 5. The van der Waals surface area contributed by atoms with Gasteiger partial charge in [0, 0.05) is 22.2 Å². The zero-order valence-corrected chi connectivity index (χ0v) is 17.1. The number of fused-ring (bicyclic) bond motifs is 1. The number of ether oxygens (including phenoxy) is 3. The fourth-order valence-corrected chi connectivity index (χ4v) is 3.07. The first-order valence-corrected chi connectivity index (χ1v) is 9.45. The monoisotopic (exact) mass is 395 g/mol. The minimum Gasteiger partial charge on any atom is -0.497 e. The molecule has 0 spiro atoms. The lowest BCUT2D eigenvalue weighted by Gasteiger charge is -2.18. The van der Waals surface area contributed by atoms with E-state index in [2.05, 4.69) is 5.32 Å². The van der Waals surface area contributed by atoms with Crippen molar-refractivity contribution in [2.75, 3.05) is 25.6 Å². The van der Waals surface area contributed by atoms with Crippen molar-refractivity contribution in [3.8, 4) is 11.5 Å². The van der Waals surface area contributed by atoms with Crippen LogP contribution in [0.15, 0.2) is 48.5 Å². The van der Waals surface area contributed by atoms with E-state index in [9.17, 15) is 9.59 Å². The van der Waals surface area contributed by atoms with E-state index in [0.29, 0.717) is 40.5 Å². The van der Waals surface area contributed by atoms with E-state index in [4.69, 9.17) is 14.2 Å². The van der Waals surface area contributed by atoms with E-state index in [1.165, 1.54) is 0 Å². The molecule has 0 saturated heterocycles. The number of amides is 1. The molecule has 1 aliphatic heterocycles. The predicted octanol–water partition coefficient (Wildman–Crippen LogP) is 4.31. The van der Waals surface area contributed by atoms with Gasteiger partial charge in [-0.15, -0.1) is 0 Å². The quantitative estimate of drug-likeness (QED) is 0.764. The third-order valence-electron chi connectivity index (χ3n) is 4.49. The summed E-state index contributed by atoms with van der Waals surface area (Å²) in [5.74, 6) is 0.536. The highest BCUT2D eigenvalue weighted by atomic mass is 16.5. The van der Waals surface area contributed by atoms with E-state index >= 15 is 0 Å². The molecule has 2 aromatic rings. The van der Waals surface area contributed by atoms with E-state index in [1.54, 1.807) is 56.5 Å². The number of carbonyl (C=O) groups excluding carboxylic acids is 2. The molecule has 152 valence electrons. The van der Waals surface area contributed by atoms with Gasteiger partial charge in [-0.05, 0) is 43.3 Å². The summed E-state index contributed by atoms with van der Waals surface area (Å²) < 4.78 is 16.3. The molecule has 29 heavy (non-hydrogen) atoms. The second-order valence-electron chi connectivity index (χ2n) is 7.45. The van der Waals surface area contributed by atoms with Crippen molar-refractivity contribution < 1.29 is 23.8 Å². The van der Waals surface area contributed by atoms with Gasteiger partial charge in [-0.3, -0.25) is 4.79 Å². The Morgan fingerprint density at radius 2 is 1.97 bits per heavy atom. The lowest BCUT2D eigenvalue weighted by atomic mass is 9.90. The zero-order chi connectivity index (χ0) is 21.0. The number of esters is 1. The van der Waals surface area contributed by atoms with Crippen molar-refractivity contribution in [1.82, 2.24) is 0 Å². The summed E-state index contributed by atoms with van der Waals surface area (Å²) in [5.41, 5.74) is 1.70. The van der Waals surface area contributed by atoms with Crippen LogP contribution < -0.4 is 14.8 Å². The lowest BCUT2D eigenvalue weighted by molar-refractivity contribution is -0.111. The van der Waals surface area contributed by atoms with Gasteiger partial charge in [0.15, 0.2) is 0 Å². The van der Waals surface area contributed by atoms with Crippen LogP contribution in [0.3, 0.4) is 0 Å². The molecule has 0 atom stereocenters. The average Bonchev–Trinajstić information content (AvgIpc) is 2.84. The van der Waals surface area contributed by atoms with Gasteiger partial charge in [-0.25, -0.2) is 4.79 Å². The van der Waals surface area contributed by atoms with Crippen molar-refractivity contribution in [3.05, 3.63) is 59.7 Å². The molecular weight excluding hydrogens is 370 g/mol. The van der Waals surface area contributed by atoms with Crippen LogP contribution in [0, 0.1) is 5.41 Å². The third-order valence-corrected chi connectivity index (χ3v) is 4.49. The molecule has 6 heteroatoms. The summed E-state index contributed by atoms with van der Waals surface area (Å²) in [6, 6.07) is 12.1. The molecule has 0 aromatic heterocycles. The summed E-state index contributed by atoms with van der Waals surface area (Å²) in [4.78, 5) is 25.2. The highest BCUT2D eigenvalue weighted by molar-refractivity contribution is 6.26. The number of benzene rings is 2. The Labute approximate surface area is 170 Å². The highest BCUT2D eigenvalue weighted by Gasteiger charge is 2.27. The maximum atomic E-state index is 13.2. The largest absolute Gasteiger partial charge is 0.497 e. The van der Waals surface area contributed by atoms with E-state index in [0.717, 1.165) is 0 Å². The molecule has 0 fully saturated rings. The molecule has 0 radical (unpaired) electrons. The summed E-state index contributed by atoms with van der Waals surface area (Å²) in [7, 11) is 1.58. The van der Waals surface area contributed by atoms with Crippen molar-refractivity contribution >= 4 is 23.1 Å². The van der Waals surface area contributed by atoms with Crippen LogP contribution in [-0.4, -0.2) is 32.2 Å². The smallest absolute Gasteiger partial charge is 0.338 e. The number of anilines is 1. The topological polar surface area (TPSA) is 73.9 Å². The van der Waals surface area contributed by atoms with Gasteiger partial charge in [0.1, 0.15) is 11.5 Å². The Morgan fingerprint density at radius 3 is 2.69 bits per heavy atom.